The van der Waals surface area contributed by atoms with Crippen molar-refractivity contribution in [3.05, 3.63) is 206 Å². The molecule has 0 amide bonds. The van der Waals surface area contributed by atoms with Crippen LogP contribution in [0.5, 0.6) is 0 Å². The third-order valence-corrected chi connectivity index (χ3v) is 10.9. The molecule has 6 nitrogen and oxygen atoms in total. The second kappa shape index (κ2) is 14.4. The van der Waals surface area contributed by atoms with Crippen LogP contribution in [0.15, 0.2) is 206 Å². The van der Waals surface area contributed by atoms with Crippen molar-refractivity contribution in [2.45, 2.75) is 0 Å². The second-order valence-electron chi connectivity index (χ2n) is 14.5. The number of pyridine rings is 1. The molecule has 11 aromatic rings. The Morgan fingerprint density at radius 1 is 0.305 bits per heavy atom. The van der Waals surface area contributed by atoms with Gasteiger partial charge in [0.15, 0.2) is 17.5 Å². The van der Waals surface area contributed by atoms with E-state index in [1.165, 1.54) is 0 Å². The molecule has 3 aromatic heterocycles. The third-order valence-electron chi connectivity index (χ3n) is 10.9. The van der Waals surface area contributed by atoms with E-state index in [0.29, 0.717) is 17.5 Å². The number of rotatable bonds is 7. The highest BCUT2D eigenvalue weighted by Gasteiger charge is 2.21. The monoisotopic (exact) mass is 754 g/mol. The first-order chi connectivity index (χ1) is 29.2. The predicted molar refractivity (Wildman–Crippen MR) is 240 cm³/mol. The Morgan fingerprint density at radius 3 is 1.51 bits per heavy atom. The van der Waals surface area contributed by atoms with Crippen LogP contribution in [-0.4, -0.2) is 29.5 Å². The number of nitrogens with zero attached hydrogens (tertiary/aromatic N) is 6. The summed E-state index contributed by atoms with van der Waals surface area (Å²) in [6, 6.07) is 69.1. The van der Waals surface area contributed by atoms with Gasteiger partial charge in [0.05, 0.1) is 16.6 Å². The molecule has 0 aliphatic heterocycles. The zero-order chi connectivity index (χ0) is 39.1. The molecular weight excluding hydrogens is 721 g/mol. The molecule has 0 bridgehead atoms. The number of fused-ring (bicyclic) bond motifs is 6. The number of aromatic nitrogens is 6. The van der Waals surface area contributed by atoms with Crippen LogP contribution in [0.2, 0.25) is 0 Å². The van der Waals surface area contributed by atoms with Crippen LogP contribution >= 0.6 is 0 Å². The summed E-state index contributed by atoms with van der Waals surface area (Å²) < 4.78 is 2.31. The van der Waals surface area contributed by atoms with Gasteiger partial charge in [-0.1, -0.05) is 170 Å². The highest BCUT2D eigenvalue weighted by molar-refractivity contribution is 6.23. The number of imidazole rings is 1. The third kappa shape index (κ3) is 6.20. The lowest BCUT2D eigenvalue weighted by Crippen LogP contribution is -2.00. The van der Waals surface area contributed by atoms with Crippen molar-refractivity contribution in [2.24, 2.45) is 0 Å². The Hall–Kier alpha value is -8.09. The Morgan fingerprint density at radius 2 is 0.797 bits per heavy atom. The van der Waals surface area contributed by atoms with Gasteiger partial charge in [-0.25, -0.2) is 19.9 Å². The average molecular weight is 755 g/mol. The highest BCUT2D eigenvalue weighted by atomic mass is 15.1. The van der Waals surface area contributed by atoms with E-state index in [-0.39, 0.29) is 0 Å². The molecule has 0 aliphatic carbocycles. The lowest BCUT2D eigenvalue weighted by molar-refractivity contribution is 1.07. The van der Waals surface area contributed by atoms with E-state index in [9.17, 15) is 0 Å². The number of hydrogen-bond acceptors (Lipinski definition) is 5. The van der Waals surface area contributed by atoms with Crippen LogP contribution in [0, 0.1) is 0 Å². The van der Waals surface area contributed by atoms with E-state index < -0.39 is 0 Å². The van der Waals surface area contributed by atoms with Crippen molar-refractivity contribution in [1.29, 1.82) is 0 Å². The van der Waals surface area contributed by atoms with Crippen LogP contribution in [0.25, 0.3) is 106 Å². The minimum atomic E-state index is 0.609. The zero-order valence-corrected chi connectivity index (χ0v) is 31.8. The molecule has 0 fully saturated rings. The summed E-state index contributed by atoms with van der Waals surface area (Å²) in [5.41, 5.74) is 12.1. The Labute approximate surface area is 340 Å². The van der Waals surface area contributed by atoms with Gasteiger partial charge < -0.3 is 0 Å². The summed E-state index contributed by atoms with van der Waals surface area (Å²) >= 11 is 0. The second-order valence-corrected chi connectivity index (χ2v) is 14.5. The van der Waals surface area contributed by atoms with Crippen molar-refractivity contribution in [3.8, 4) is 73.5 Å². The average Bonchev–Trinajstić information content (AvgIpc) is 3.74. The molecule has 0 spiro atoms. The maximum absolute atomic E-state index is 5.38. The van der Waals surface area contributed by atoms with Gasteiger partial charge in [0.1, 0.15) is 5.82 Å². The van der Waals surface area contributed by atoms with E-state index in [0.717, 1.165) is 88.7 Å². The topological polar surface area (TPSA) is 69.4 Å². The fourth-order valence-corrected chi connectivity index (χ4v) is 8.05. The van der Waals surface area contributed by atoms with Gasteiger partial charge in [-0.15, -0.1) is 0 Å². The first kappa shape index (κ1) is 34.2. The van der Waals surface area contributed by atoms with E-state index >= 15 is 0 Å². The van der Waals surface area contributed by atoms with E-state index in [1.807, 2.05) is 54.7 Å². The Kier molecular flexibility index (Phi) is 8.37. The molecule has 0 atom stereocenters. The molecule has 276 valence electrons. The number of benzene rings is 8. The van der Waals surface area contributed by atoms with Crippen molar-refractivity contribution < 1.29 is 0 Å². The molecule has 0 radical (unpaired) electrons. The quantitative estimate of drug-likeness (QED) is 0.152. The molecule has 0 unspecified atom stereocenters. The van der Waals surface area contributed by atoms with Crippen LogP contribution in [0.3, 0.4) is 0 Å². The summed E-state index contributed by atoms with van der Waals surface area (Å²) in [4.78, 5) is 25.3. The van der Waals surface area contributed by atoms with E-state index in [4.69, 9.17) is 24.9 Å². The van der Waals surface area contributed by atoms with Gasteiger partial charge in [0, 0.05) is 50.3 Å². The normalized spacial score (nSPS) is 11.4. The van der Waals surface area contributed by atoms with Crippen LogP contribution in [-0.2, 0) is 0 Å². The minimum absolute atomic E-state index is 0.609. The molecular formula is C53H34N6. The highest BCUT2D eigenvalue weighted by Crippen LogP contribution is 2.39. The van der Waals surface area contributed by atoms with Gasteiger partial charge in [0.2, 0.25) is 0 Å². The Balaban J connectivity index is 1.05. The summed E-state index contributed by atoms with van der Waals surface area (Å²) in [6.45, 7) is 0. The van der Waals surface area contributed by atoms with Gasteiger partial charge in [0.25, 0.3) is 0 Å². The predicted octanol–water partition coefficient (Wildman–Crippen LogP) is 12.9. The fraction of sp³-hybridized carbons (Fsp3) is 0. The fourth-order valence-electron chi connectivity index (χ4n) is 8.05. The minimum Gasteiger partial charge on any atom is -0.292 e. The van der Waals surface area contributed by atoms with Gasteiger partial charge in [-0.2, -0.15) is 0 Å². The molecule has 0 N–H and O–H groups in total. The molecule has 3 heterocycles. The summed E-state index contributed by atoms with van der Waals surface area (Å²) in [5.74, 6) is 2.73. The lowest BCUT2D eigenvalue weighted by Gasteiger charge is -2.14. The smallest absolute Gasteiger partial charge is 0.164 e. The van der Waals surface area contributed by atoms with Crippen LogP contribution < -0.4 is 0 Å². The van der Waals surface area contributed by atoms with Crippen molar-refractivity contribution in [2.75, 3.05) is 0 Å². The molecule has 0 saturated heterocycles. The molecule has 0 aliphatic rings. The van der Waals surface area contributed by atoms with E-state index in [1.54, 1.807) is 0 Å². The largest absolute Gasteiger partial charge is 0.292 e. The zero-order valence-electron chi connectivity index (χ0n) is 31.8. The van der Waals surface area contributed by atoms with Gasteiger partial charge in [-0.3, -0.25) is 9.55 Å². The maximum atomic E-state index is 5.38. The molecule has 8 aromatic carbocycles. The molecule has 59 heavy (non-hydrogen) atoms. The maximum Gasteiger partial charge on any atom is 0.164 e. The van der Waals surface area contributed by atoms with Gasteiger partial charge >= 0.3 is 0 Å². The standard InChI is InChI=1S/C53H34N6/c1-4-15-35(16-5-1)36-28-30-38(31-29-36)51-56-50(37-17-6-2-7-18-37)57-52(58-51)42-23-12-21-40(33-42)41-22-13-24-43(34-41)59-49-45-26-11-10-25-44(45)47-46(27-14-32-54-47)48(49)55-53(59)39-19-8-3-9-20-39/h1-34H. The van der Waals surface area contributed by atoms with Crippen LogP contribution in [0.1, 0.15) is 0 Å². The van der Waals surface area contributed by atoms with E-state index in [2.05, 4.69) is 156 Å². The summed E-state index contributed by atoms with van der Waals surface area (Å²) in [7, 11) is 0. The first-order valence-electron chi connectivity index (χ1n) is 19.7. The van der Waals surface area contributed by atoms with Gasteiger partial charge in [-0.05, 0) is 52.6 Å². The summed E-state index contributed by atoms with van der Waals surface area (Å²) in [5, 5.41) is 3.23. The Bertz CT molecular complexity index is 3310. The van der Waals surface area contributed by atoms with Crippen LogP contribution in [0.4, 0.5) is 0 Å². The van der Waals surface area contributed by atoms with Crippen molar-refractivity contribution in [1.82, 2.24) is 29.5 Å². The summed E-state index contributed by atoms with van der Waals surface area (Å²) in [6.07, 6.45) is 1.86. The van der Waals surface area contributed by atoms with Crippen molar-refractivity contribution in [3.63, 3.8) is 0 Å². The molecule has 6 heteroatoms. The van der Waals surface area contributed by atoms with Crippen molar-refractivity contribution >= 4 is 32.7 Å². The molecule has 11 rings (SSSR count). The number of hydrogen-bond donors (Lipinski definition) is 0. The molecule has 0 saturated carbocycles. The SMILES string of the molecule is c1ccc(-c2ccc(-c3nc(-c4ccccc4)nc(-c4cccc(-c5cccc(-n6c(-c7ccccc7)nc7c8cccnc8c8ccccc8c76)c5)c4)n3)cc2)cc1. The lowest BCUT2D eigenvalue weighted by atomic mass is 10.0. The first-order valence-corrected chi connectivity index (χ1v) is 19.7.